The Kier molecular flexibility index (Phi) is 3.29. The van der Waals surface area contributed by atoms with Gasteiger partial charge in [0.1, 0.15) is 11.6 Å². The second-order valence-electron chi connectivity index (χ2n) is 5.92. The van der Waals surface area contributed by atoms with E-state index in [1.807, 2.05) is 38.1 Å². The van der Waals surface area contributed by atoms with Crippen molar-refractivity contribution in [3.63, 3.8) is 0 Å². The molecule has 0 aromatic carbocycles. The van der Waals surface area contributed by atoms with Gasteiger partial charge in [-0.05, 0) is 38.1 Å². The Morgan fingerprint density at radius 1 is 1.04 bits per heavy atom. The summed E-state index contributed by atoms with van der Waals surface area (Å²) in [6, 6.07) is 7.88. The summed E-state index contributed by atoms with van der Waals surface area (Å²) in [5, 5.41) is 24.2. The molecule has 3 aromatic heterocycles. The van der Waals surface area contributed by atoms with E-state index in [1.54, 1.807) is 4.52 Å². The zero-order valence-electron chi connectivity index (χ0n) is 13.1. The van der Waals surface area contributed by atoms with E-state index in [2.05, 4.69) is 35.7 Å². The van der Waals surface area contributed by atoms with E-state index in [1.165, 1.54) is 0 Å². The van der Waals surface area contributed by atoms with E-state index in [0.717, 1.165) is 48.4 Å². The summed E-state index contributed by atoms with van der Waals surface area (Å²) >= 11 is 0. The van der Waals surface area contributed by atoms with Crippen molar-refractivity contribution in [1.29, 1.82) is 0 Å². The van der Waals surface area contributed by atoms with Crippen LogP contribution in [0.1, 0.15) is 11.5 Å². The van der Waals surface area contributed by atoms with Crippen LogP contribution in [0.3, 0.4) is 0 Å². The minimum atomic E-state index is 0.581. The molecule has 23 heavy (non-hydrogen) atoms. The first-order valence-electron chi connectivity index (χ1n) is 7.67. The number of anilines is 2. The Morgan fingerprint density at radius 2 is 1.91 bits per heavy atom. The van der Waals surface area contributed by atoms with Crippen LogP contribution in [0.4, 0.5) is 11.6 Å². The van der Waals surface area contributed by atoms with E-state index in [-0.39, 0.29) is 0 Å². The summed E-state index contributed by atoms with van der Waals surface area (Å²) < 4.78 is 1.78. The van der Waals surface area contributed by atoms with Gasteiger partial charge in [0.05, 0.1) is 5.69 Å². The van der Waals surface area contributed by atoms with Crippen LogP contribution in [0.15, 0.2) is 24.3 Å². The molecule has 8 nitrogen and oxygen atoms in total. The van der Waals surface area contributed by atoms with Crippen molar-refractivity contribution in [2.24, 2.45) is 5.92 Å². The van der Waals surface area contributed by atoms with Crippen LogP contribution in [-0.2, 0) is 0 Å². The molecular weight excluding hydrogens is 292 g/mol. The molecule has 1 saturated heterocycles. The SMILES string of the molecule is Cc1ccc(NCC2CN(c3ccc4nnc(C)n4n3)C2)nn1. The summed E-state index contributed by atoms with van der Waals surface area (Å²) in [4.78, 5) is 2.26. The highest BCUT2D eigenvalue weighted by molar-refractivity contribution is 5.47. The fourth-order valence-electron chi connectivity index (χ4n) is 2.68. The lowest BCUT2D eigenvalue weighted by molar-refractivity contribution is 0.424. The van der Waals surface area contributed by atoms with Crippen LogP contribution in [0.2, 0.25) is 0 Å². The normalized spacial score (nSPS) is 15.0. The molecule has 8 heteroatoms. The summed E-state index contributed by atoms with van der Waals surface area (Å²) in [7, 11) is 0. The van der Waals surface area contributed by atoms with Gasteiger partial charge in [-0.1, -0.05) is 0 Å². The fraction of sp³-hybridized carbons (Fsp3) is 0.400. The molecule has 0 bridgehead atoms. The van der Waals surface area contributed by atoms with Crippen LogP contribution in [-0.4, -0.2) is 49.6 Å². The summed E-state index contributed by atoms with van der Waals surface area (Å²) in [6.45, 7) is 6.68. The average molecular weight is 310 g/mol. The molecule has 0 saturated carbocycles. The van der Waals surface area contributed by atoms with Gasteiger partial charge in [-0.3, -0.25) is 0 Å². The van der Waals surface area contributed by atoms with Crippen molar-refractivity contribution in [1.82, 2.24) is 30.0 Å². The zero-order chi connectivity index (χ0) is 15.8. The van der Waals surface area contributed by atoms with Crippen LogP contribution >= 0.6 is 0 Å². The Labute approximate surface area is 133 Å². The highest BCUT2D eigenvalue weighted by Gasteiger charge is 2.28. The Morgan fingerprint density at radius 3 is 2.70 bits per heavy atom. The first kappa shape index (κ1) is 13.9. The Bertz CT molecular complexity index is 819. The van der Waals surface area contributed by atoms with Crippen LogP contribution < -0.4 is 10.2 Å². The molecule has 118 valence electrons. The lowest BCUT2D eigenvalue weighted by atomic mass is 10.0. The molecule has 0 amide bonds. The molecule has 1 fully saturated rings. The lowest BCUT2D eigenvalue weighted by Crippen LogP contribution is -2.50. The monoisotopic (exact) mass is 310 g/mol. The molecule has 4 heterocycles. The number of hydrogen-bond donors (Lipinski definition) is 1. The van der Waals surface area contributed by atoms with Crippen LogP contribution in [0.5, 0.6) is 0 Å². The molecule has 4 rings (SSSR count). The topological polar surface area (TPSA) is 84.1 Å². The van der Waals surface area contributed by atoms with Gasteiger partial charge in [-0.2, -0.15) is 9.61 Å². The first-order chi connectivity index (χ1) is 11.2. The number of rotatable bonds is 4. The van der Waals surface area contributed by atoms with Crippen LogP contribution in [0, 0.1) is 19.8 Å². The second-order valence-corrected chi connectivity index (χ2v) is 5.92. The number of hydrogen-bond acceptors (Lipinski definition) is 7. The van der Waals surface area contributed by atoms with Crippen molar-refractivity contribution < 1.29 is 0 Å². The number of fused-ring (bicyclic) bond motifs is 1. The molecule has 0 spiro atoms. The molecular formula is C15H18N8. The third-order valence-corrected chi connectivity index (χ3v) is 4.06. The van der Waals surface area contributed by atoms with Crippen LogP contribution in [0.25, 0.3) is 5.65 Å². The Hall–Kier alpha value is -2.77. The summed E-state index contributed by atoms with van der Waals surface area (Å²) in [6.07, 6.45) is 0. The zero-order valence-corrected chi connectivity index (χ0v) is 13.1. The molecule has 0 atom stereocenters. The van der Waals surface area contributed by atoms with Crippen molar-refractivity contribution >= 4 is 17.3 Å². The van der Waals surface area contributed by atoms with Gasteiger partial charge in [-0.25, -0.2) is 0 Å². The molecule has 3 aromatic rings. The maximum atomic E-state index is 4.59. The van der Waals surface area contributed by atoms with E-state index < -0.39 is 0 Å². The first-order valence-corrected chi connectivity index (χ1v) is 7.67. The predicted molar refractivity (Wildman–Crippen MR) is 86.5 cm³/mol. The van der Waals surface area contributed by atoms with Gasteiger partial charge in [0.15, 0.2) is 11.5 Å². The number of nitrogens with one attached hydrogen (secondary N) is 1. The lowest BCUT2D eigenvalue weighted by Gasteiger charge is -2.40. The van der Waals surface area contributed by atoms with Gasteiger partial charge in [-0.15, -0.1) is 20.4 Å². The maximum Gasteiger partial charge on any atom is 0.178 e. The molecule has 0 aliphatic carbocycles. The maximum absolute atomic E-state index is 4.59. The van der Waals surface area contributed by atoms with Crippen molar-refractivity contribution in [3.8, 4) is 0 Å². The van der Waals surface area contributed by atoms with Gasteiger partial charge in [0.2, 0.25) is 0 Å². The highest BCUT2D eigenvalue weighted by Crippen LogP contribution is 2.23. The molecule has 0 unspecified atom stereocenters. The average Bonchev–Trinajstić information content (AvgIpc) is 2.89. The smallest absolute Gasteiger partial charge is 0.178 e. The van der Waals surface area contributed by atoms with Gasteiger partial charge in [0.25, 0.3) is 0 Å². The molecule has 1 aliphatic rings. The van der Waals surface area contributed by atoms with Crippen molar-refractivity contribution in [2.75, 3.05) is 29.9 Å². The molecule has 0 radical (unpaired) electrons. The third-order valence-electron chi connectivity index (χ3n) is 4.06. The molecule has 1 aliphatic heterocycles. The fourth-order valence-corrected chi connectivity index (χ4v) is 2.68. The summed E-state index contributed by atoms with van der Waals surface area (Å²) in [5.41, 5.74) is 1.71. The quantitative estimate of drug-likeness (QED) is 0.772. The number of nitrogens with zero attached hydrogens (tertiary/aromatic N) is 7. The predicted octanol–water partition coefficient (Wildman–Crippen LogP) is 1.08. The van der Waals surface area contributed by atoms with E-state index in [0.29, 0.717) is 5.92 Å². The second kappa shape index (κ2) is 5.45. The van der Waals surface area contributed by atoms with E-state index in [9.17, 15) is 0 Å². The standard InChI is InChI=1S/C15H18N8/c1-10-3-4-13(19-17-10)16-7-12-8-22(9-12)15-6-5-14-20-18-11(2)23(14)21-15/h3-6,12H,7-9H2,1-2H3,(H,16,19). The van der Waals surface area contributed by atoms with E-state index in [4.69, 9.17) is 0 Å². The molecule has 1 N–H and O–H groups in total. The Balaban J connectivity index is 1.35. The number of aromatic nitrogens is 6. The van der Waals surface area contributed by atoms with Gasteiger partial charge in [0, 0.05) is 25.6 Å². The van der Waals surface area contributed by atoms with Crippen molar-refractivity contribution in [3.05, 3.63) is 35.8 Å². The third kappa shape index (κ3) is 2.67. The van der Waals surface area contributed by atoms with Gasteiger partial charge < -0.3 is 10.2 Å². The van der Waals surface area contributed by atoms with E-state index >= 15 is 0 Å². The summed E-state index contributed by atoms with van der Waals surface area (Å²) in [5.74, 6) is 3.18. The largest absolute Gasteiger partial charge is 0.368 e. The number of aryl methyl sites for hydroxylation is 2. The minimum absolute atomic E-state index is 0.581. The minimum Gasteiger partial charge on any atom is -0.368 e. The highest BCUT2D eigenvalue weighted by atomic mass is 15.4. The van der Waals surface area contributed by atoms with Crippen molar-refractivity contribution in [2.45, 2.75) is 13.8 Å². The van der Waals surface area contributed by atoms with Gasteiger partial charge >= 0.3 is 0 Å².